The Kier molecular flexibility index (Phi) is 29.6. The Morgan fingerprint density at radius 1 is 0.378 bits per heavy atom. The Morgan fingerprint density at radius 2 is 0.600 bits per heavy atom. The fourth-order valence-corrected chi connectivity index (χ4v) is 18.4. The first kappa shape index (κ1) is 99.7. The van der Waals surface area contributed by atoms with Gasteiger partial charge in [-0.3, -0.25) is 57.4 Å². The second-order valence-corrected chi connectivity index (χ2v) is 35.7. The van der Waals surface area contributed by atoms with Crippen LogP contribution in [0.25, 0.3) is 83.9 Å². The van der Waals surface area contributed by atoms with E-state index in [9.17, 15) is 57.7 Å². The van der Waals surface area contributed by atoms with Crippen LogP contribution in [0.5, 0.6) is 0 Å². The lowest BCUT2D eigenvalue weighted by Gasteiger charge is -2.36. The van der Waals surface area contributed by atoms with Crippen LogP contribution in [0.2, 0.25) is 45.2 Å². The minimum absolute atomic E-state index is 0.0127. The normalized spacial score (nSPS) is 13.4. The molecule has 135 heavy (non-hydrogen) atoms. The molecule has 0 unspecified atom stereocenters. The zero-order chi connectivity index (χ0) is 98.7. The standard InChI is InChI=1S/3C31H26Cl3F2N7O2/c3*1-5-19(44)41-8-10-42(11-9-41)29-16-12-18(32)27(20-23(35)24(36)21(33)22(34)25(20)38)40-30(16)43(31(45)17(29)13-37)28-15(4)6-7-39-26(28)14(2)3/h3*5-7,12,14H,1,8-11,38H2,2-4H3. The van der Waals surface area contributed by atoms with E-state index in [0.29, 0.717) is 90.1 Å². The molecule has 6 N–H and O–H groups in total. The number of carbonyl (C=O) groups excluding carboxylic acids is 3. The summed E-state index contributed by atoms with van der Waals surface area (Å²) in [4.78, 5) is 117. The molecule has 3 fully saturated rings. The molecule has 696 valence electrons. The van der Waals surface area contributed by atoms with Gasteiger partial charge < -0.3 is 46.6 Å². The van der Waals surface area contributed by atoms with Crippen molar-refractivity contribution in [1.29, 1.82) is 15.8 Å². The van der Waals surface area contributed by atoms with Crippen LogP contribution < -0.4 is 48.6 Å². The molecule has 0 spiro atoms. The summed E-state index contributed by atoms with van der Waals surface area (Å²) in [7, 11) is 0. The SMILES string of the molecule is C=CC(=O)N1CCN(c2c(C#N)c(=O)n(-c3c(C)ccnc3C(C)C)c3nc(-c4c(N)c(Cl)c(Cl)c(F)c4F)c(Cl)cc23)CC1.C=CC(=O)N1CCN(c2c(C#N)c(=O)n(-c3c(C)ccnc3C(C)C)c3nc(-c4c(N)c(Cl)c(Cl)c(F)c4F)c(Cl)cc23)CC1.C=CC(=O)N1CCN(c2c(C#N)c(=O)n(-c3c(C)ccnc3C(C)C)c3nc(-c4c(N)c(Cl)c(Cl)c(F)c4F)c(Cl)cc23)CC1. The summed E-state index contributed by atoms with van der Waals surface area (Å²) >= 11 is 56.2. The number of nitrogen functional groups attached to an aromatic ring is 3. The molecule has 3 aliphatic rings. The minimum Gasteiger partial charge on any atom is -0.397 e. The number of benzene rings is 3. The summed E-state index contributed by atoms with van der Waals surface area (Å²) < 4.78 is 94.6. The van der Waals surface area contributed by atoms with Gasteiger partial charge >= 0.3 is 0 Å². The van der Waals surface area contributed by atoms with Crippen LogP contribution in [0.1, 0.15) is 110 Å². The second kappa shape index (κ2) is 40.1. The van der Waals surface area contributed by atoms with Crippen molar-refractivity contribution < 1.29 is 40.7 Å². The molecule has 3 amide bonds. The fourth-order valence-electron chi connectivity index (χ4n) is 16.6. The number of nitriles is 3. The van der Waals surface area contributed by atoms with Crippen LogP contribution in [0.15, 0.2) is 107 Å². The van der Waals surface area contributed by atoms with Gasteiger partial charge in [0.2, 0.25) is 17.7 Å². The summed E-state index contributed by atoms with van der Waals surface area (Å²) in [5.41, 5.74) is 17.3. The summed E-state index contributed by atoms with van der Waals surface area (Å²) in [6, 6.07) is 15.6. The van der Waals surface area contributed by atoms with Crippen molar-refractivity contribution in [3.8, 4) is 69.0 Å². The van der Waals surface area contributed by atoms with Gasteiger partial charge in [-0.15, -0.1) is 0 Å². The second-order valence-electron chi connectivity index (χ2n) is 32.2. The number of anilines is 6. The van der Waals surface area contributed by atoms with Gasteiger partial charge in [-0.1, -0.05) is 166 Å². The van der Waals surface area contributed by atoms with E-state index in [4.69, 9.17) is 122 Å². The summed E-state index contributed by atoms with van der Waals surface area (Å²) in [5.74, 6) is -9.84. The smallest absolute Gasteiger partial charge is 0.276 e. The maximum Gasteiger partial charge on any atom is 0.276 e. The zero-order valence-electron chi connectivity index (χ0n) is 73.2. The highest BCUT2D eigenvalue weighted by molar-refractivity contribution is 6.46. The van der Waals surface area contributed by atoms with E-state index in [1.54, 1.807) is 87.0 Å². The molecule has 42 heteroatoms. The number of hydrogen-bond acceptors (Lipinski definition) is 21. The van der Waals surface area contributed by atoms with Gasteiger partial charge in [0.15, 0.2) is 34.9 Å². The van der Waals surface area contributed by atoms with Crippen LogP contribution in [0.3, 0.4) is 0 Å². The first-order valence-corrected chi connectivity index (χ1v) is 44.7. The number of aromatic nitrogens is 9. The van der Waals surface area contributed by atoms with Gasteiger partial charge in [-0.05, 0) is 110 Å². The average Bonchev–Trinajstić information content (AvgIpc) is 0.728. The Bertz CT molecular complexity index is 6650. The maximum atomic E-state index is 15.5. The number of pyridine rings is 9. The van der Waals surface area contributed by atoms with Gasteiger partial charge in [0, 0.05) is 113 Å². The fraction of sp³-hybridized carbons (Fsp3) is 0.258. The predicted octanol–water partition coefficient (Wildman–Crippen LogP) is 19.2. The lowest BCUT2D eigenvalue weighted by molar-refractivity contribution is -0.127. The van der Waals surface area contributed by atoms with Crippen molar-refractivity contribution in [2.24, 2.45) is 0 Å². The Morgan fingerprint density at radius 3 is 0.800 bits per heavy atom. The molecule has 0 saturated carbocycles. The third-order valence-corrected chi connectivity index (χ3v) is 26.6. The number of carbonyl (C=O) groups is 3. The number of aryl methyl sites for hydroxylation is 3. The Labute approximate surface area is 812 Å². The number of hydrogen-bond donors (Lipinski definition) is 3. The molecule has 12 heterocycles. The largest absolute Gasteiger partial charge is 0.397 e. The third-order valence-electron chi connectivity index (χ3n) is 23.2. The van der Waals surface area contributed by atoms with Crippen molar-refractivity contribution >= 4 is 189 Å². The van der Waals surface area contributed by atoms with Crippen LogP contribution in [-0.2, 0) is 14.4 Å². The molecule has 0 radical (unpaired) electrons. The van der Waals surface area contributed by atoms with Crippen molar-refractivity contribution in [2.45, 2.75) is 80.1 Å². The number of amides is 3. The maximum absolute atomic E-state index is 15.5. The average molecular weight is 2020 g/mol. The quantitative estimate of drug-likeness (QED) is 0.0282. The molecular formula is C93H78Cl9F6N21O6. The van der Waals surface area contributed by atoms with E-state index < -0.39 is 115 Å². The molecule has 3 aliphatic heterocycles. The minimum atomic E-state index is -1.45. The van der Waals surface area contributed by atoms with Gasteiger partial charge in [0.1, 0.15) is 66.9 Å². The highest BCUT2D eigenvalue weighted by atomic mass is 35.5. The Balaban J connectivity index is 0.000000171. The van der Waals surface area contributed by atoms with Crippen molar-refractivity contribution in [2.75, 3.05) is 110 Å². The number of piperazine rings is 3. The zero-order valence-corrected chi connectivity index (χ0v) is 80.0. The monoisotopic (exact) mass is 2010 g/mol. The number of nitrogens with zero attached hydrogens (tertiary/aromatic N) is 18. The molecule has 27 nitrogen and oxygen atoms in total. The molecular weight excluding hydrogens is 1940 g/mol. The van der Waals surface area contributed by atoms with E-state index in [1.807, 2.05) is 41.5 Å². The van der Waals surface area contributed by atoms with Crippen molar-refractivity contribution in [1.82, 2.24) is 58.3 Å². The molecule has 0 atom stereocenters. The summed E-state index contributed by atoms with van der Waals surface area (Å²) in [6.45, 7) is 30.7. The molecule has 15 rings (SSSR count). The first-order valence-electron chi connectivity index (χ1n) is 41.3. The van der Waals surface area contributed by atoms with Crippen LogP contribution >= 0.6 is 104 Å². The molecule has 0 aliphatic carbocycles. The highest BCUT2D eigenvalue weighted by Crippen LogP contribution is 2.50. The van der Waals surface area contributed by atoms with Crippen LogP contribution in [0, 0.1) is 89.7 Å². The molecule has 3 aromatic carbocycles. The lowest BCUT2D eigenvalue weighted by atomic mass is 10.0. The molecule has 9 aromatic heterocycles. The summed E-state index contributed by atoms with van der Waals surface area (Å²) in [6.07, 6.45) is 8.48. The van der Waals surface area contributed by atoms with Crippen LogP contribution in [-0.4, -0.2) is 155 Å². The van der Waals surface area contributed by atoms with E-state index >= 15 is 13.2 Å². The van der Waals surface area contributed by atoms with Gasteiger partial charge in [0.25, 0.3) is 16.7 Å². The van der Waals surface area contributed by atoms with Gasteiger partial charge in [0.05, 0.1) is 132 Å². The van der Waals surface area contributed by atoms with E-state index in [-0.39, 0.29) is 174 Å². The van der Waals surface area contributed by atoms with Crippen molar-refractivity contribution in [3.05, 3.63) is 255 Å². The van der Waals surface area contributed by atoms with Crippen LogP contribution in [0.4, 0.5) is 60.5 Å². The van der Waals surface area contributed by atoms with Crippen molar-refractivity contribution in [3.63, 3.8) is 0 Å². The molecule has 3 saturated heterocycles. The number of rotatable bonds is 15. The van der Waals surface area contributed by atoms with E-state index in [1.165, 1.54) is 50.1 Å². The lowest BCUT2D eigenvalue weighted by Crippen LogP contribution is -2.49. The molecule has 0 bridgehead atoms. The molecule has 12 aromatic rings. The first-order chi connectivity index (χ1) is 64.0. The predicted molar refractivity (Wildman–Crippen MR) is 517 cm³/mol. The van der Waals surface area contributed by atoms with Gasteiger partial charge in [-0.25, -0.2) is 41.3 Å². The van der Waals surface area contributed by atoms with E-state index in [2.05, 4.69) is 67.8 Å². The van der Waals surface area contributed by atoms with Gasteiger partial charge in [-0.2, -0.15) is 15.8 Å². The third kappa shape index (κ3) is 17.8. The number of fused-ring (bicyclic) bond motifs is 3. The van der Waals surface area contributed by atoms with E-state index in [0.717, 1.165) is 0 Å². The number of halogens is 15. The highest BCUT2D eigenvalue weighted by Gasteiger charge is 2.38. The number of nitrogens with two attached hydrogens (primary N) is 3. The topological polar surface area (TPSA) is 363 Å². The summed E-state index contributed by atoms with van der Waals surface area (Å²) in [5, 5.41) is 28.1. The Hall–Kier alpha value is -12.7.